The fraction of sp³-hybridized carbons (Fsp3) is 0.500. The number of nitrogens with one attached hydrogen (secondary N) is 1. The lowest BCUT2D eigenvalue weighted by molar-refractivity contribution is -0.137. The molecule has 1 N–H and O–H groups in total. The average molecular weight is 395 g/mol. The zero-order chi connectivity index (χ0) is 19.9. The van der Waals surface area contributed by atoms with Crippen molar-refractivity contribution < 1.29 is 14.3 Å². The smallest absolute Gasteiger partial charge is 0.226 e. The number of pyridine rings is 1. The summed E-state index contributed by atoms with van der Waals surface area (Å²) in [7, 11) is 0. The lowest BCUT2D eigenvalue weighted by Gasteiger charge is -2.36. The van der Waals surface area contributed by atoms with Gasteiger partial charge in [0.15, 0.2) is 0 Å². The molecule has 0 atom stereocenters. The number of hydrogen-bond donors (Lipinski definition) is 1. The Morgan fingerprint density at radius 1 is 1.03 bits per heavy atom. The molecule has 5 heteroatoms. The van der Waals surface area contributed by atoms with Crippen LogP contribution in [-0.4, -0.2) is 43.9 Å². The van der Waals surface area contributed by atoms with Crippen LogP contribution in [0.25, 0.3) is 11.1 Å². The van der Waals surface area contributed by atoms with Crippen molar-refractivity contribution in [1.82, 2.24) is 10.3 Å². The van der Waals surface area contributed by atoms with Crippen molar-refractivity contribution in [3.63, 3.8) is 0 Å². The van der Waals surface area contributed by atoms with Gasteiger partial charge in [0.2, 0.25) is 5.91 Å². The van der Waals surface area contributed by atoms with E-state index in [9.17, 15) is 4.79 Å². The van der Waals surface area contributed by atoms with Gasteiger partial charge in [-0.15, -0.1) is 0 Å². The molecule has 0 spiro atoms. The molecule has 4 rings (SSSR count). The summed E-state index contributed by atoms with van der Waals surface area (Å²) in [5, 5.41) is 3.27. The van der Waals surface area contributed by atoms with Crippen LogP contribution in [0.5, 0.6) is 0 Å². The highest BCUT2D eigenvalue weighted by molar-refractivity contribution is 5.83. The monoisotopic (exact) mass is 394 g/mol. The number of benzene rings is 1. The first kappa shape index (κ1) is 20.0. The second-order valence-corrected chi connectivity index (χ2v) is 8.28. The average Bonchev–Trinajstić information content (AvgIpc) is 2.79. The van der Waals surface area contributed by atoms with Crippen LogP contribution in [0.1, 0.15) is 31.2 Å². The van der Waals surface area contributed by atoms with Crippen molar-refractivity contribution >= 4 is 5.91 Å². The molecule has 2 saturated heterocycles. The molecule has 0 saturated carbocycles. The molecule has 0 bridgehead atoms. The zero-order valence-electron chi connectivity index (χ0n) is 16.9. The molecule has 2 aromatic rings. The van der Waals surface area contributed by atoms with Crippen molar-refractivity contribution in [2.45, 2.75) is 32.1 Å². The van der Waals surface area contributed by atoms with Gasteiger partial charge in [-0.25, -0.2) is 0 Å². The summed E-state index contributed by atoms with van der Waals surface area (Å²) in [4.78, 5) is 17.5. The summed E-state index contributed by atoms with van der Waals surface area (Å²) in [5.41, 5.74) is 3.03. The van der Waals surface area contributed by atoms with Gasteiger partial charge < -0.3 is 14.8 Å². The predicted octanol–water partition coefficient (Wildman–Crippen LogP) is 3.63. The Morgan fingerprint density at radius 2 is 1.79 bits per heavy atom. The molecular weight excluding hydrogens is 364 g/mol. The van der Waals surface area contributed by atoms with E-state index in [4.69, 9.17) is 9.47 Å². The molecule has 5 nitrogen and oxygen atoms in total. The van der Waals surface area contributed by atoms with Gasteiger partial charge >= 0.3 is 0 Å². The van der Waals surface area contributed by atoms with Crippen LogP contribution in [0, 0.1) is 11.3 Å². The number of carbonyl (C=O) groups excluding carboxylic acids is 1. The van der Waals surface area contributed by atoms with Gasteiger partial charge in [-0.2, -0.15) is 0 Å². The zero-order valence-corrected chi connectivity index (χ0v) is 16.9. The highest BCUT2D eigenvalue weighted by Crippen LogP contribution is 2.36. The Balaban J connectivity index is 1.48. The number of carbonyl (C=O) groups is 1. The van der Waals surface area contributed by atoms with Gasteiger partial charge in [0, 0.05) is 45.4 Å². The van der Waals surface area contributed by atoms with E-state index < -0.39 is 5.41 Å². The SMILES string of the molecule is O=C(NCC1CCOCC1)C1(Cc2cccc(-c3cccnc3)c2)CCOCC1. The van der Waals surface area contributed by atoms with E-state index in [1.165, 1.54) is 5.56 Å². The topological polar surface area (TPSA) is 60.5 Å². The number of nitrogens with zero attached hydrogens (tertiary/aromatic N) is 1. The molecule has 1 aromatic carbocycles. The molecule has 3 heterocycles. The molecule has 0 radical (unpaired) electrons. The Labute approximate surface area is 172 Å². The van der Waals surface area contributed by atoms with Crippen LogP contribution in [-0.2, 0) is 20.7 Å². The van der Waals surface area contributed by atoms with Crippen LogP contribution < -0.4 is 5.32 Å². The van der Waals surface area contributed by atoms with Crippen molar-refractivity contribution in [1.29, 1.82) is 0 Å². The highest BCUT2D eigenvalue weighted by Gasteiger charge is 2.40. The first-order valence-corrected chi connectivity index (χ1v) is 10.7. The fourth-order valence-corrected chi connectivity index (χ4v) is 4.41. The van der Waals surface area contributed by atoms with Crippen molar-refractivity contribution in [3.05, 3.63) is 54.4 Å². The summed E-state index contributed by atoms with van der Waals surface area (Å²) in [6, 6.07) is 12.5. The van der Waals surface area contributed by atoms with E-state index in [-0.39, 0.29) is 5.91 Å². The minimum absolute atomic E-state index is 0.180. The first-order chi connectivity index (χ1) is 14.3. The summed E-state index contributed by atoms with van der Waals surface area (Å²) >= 11 is 0. The third kappa shape index (κ3) is 5.03. The maximum absolute atomic E-state index is 13.3. The van der Waals surface area contributed by atoms with E-state index in [1.807, 2.05) is 12.3 Å². The number of amides is 1. The second-order valence-electron chi connectivity index (χ2n) is 8.28. The molecule has 0 unspecified atom stereocenters. The maximum atomic E-state index is 13.3. The van der Waals surface area contributed by atoms with Crippen LogP contribution in [0.15, 0.2) is 48.8 Å². The summed E-state index contributed by atoms with van der Waals surface area (Å²) in [6.07, 6.45) is 8.00. The van der Waals surface area contributed by atoms with Gasteiger partial charge in [-0.05, 0) is 60.8 Å². The third-order valence-electron chi connectivity index (χ3n) is 6.29. The van der Waals surface area contributed by atoms with Gasteiger partial charge in [0.25, 0.3) is 0 Å². The van der Waals surface area contributed by atoms with Crippen LogP contribution >= 0.6 is 0 Å². The van der Waals surface area contributed by atoms with Gasteiger partial charge in [0.05, 0.1) is 5.41 Å². The Morgan fingerprint density at radius 3 is 2.55 bits per heavy atom. The number of ether oxygens (including phenoxy) is 2. The molecule has 1 aromatic heterocycles. The molecule has 1 amide bonds. The normalized spacial score (nSPS) is 19.6. The molecule has 2 fully saturated rings. The lowest BCUT2D eigenvalue weighted by atomic mass is 9.74. The lowest BCUT2D eigenvalue weighted by Crippen LogP contribution is -2.47. The number of aromatic nitrogens is 1. The van der Waals surface area contributed by atoms with Gasteiger partial charge in [-0.3, -0.25) is 9.78 Å². The Hall–Kier alpha value is -2.24. The van der Waals surface area contributed by atoms with E-state index in [2.05, 4.69) is 40.6 Å². The largest absolute Gasteiger partial charge is 0.381 e. The molecular formula is C24H30N2O3. The third-order valence-corrected chi connectivity index (χ3v) is 6.29. The van der Waals surface area contributed by atoms with Crippen molar-refractivity contribution in [2.75, 3.05) is 33.0 Å². The fourth-order valence-electron chi connectivity index (χ4n) is 4.41. The maximum Gasteiger partial charge on any atom is 0.226 e. The molecule has 154 valence electrons. The second kappa shape index (κ2) is 9.51. The quantitative estimate of drug-likeness (QED) is 0.813. The highest BCUT2D eigenvalue weighted by atomic mass is 16.5. The predicted molar refractivity (Wildman–Crippen MR) is 112 cm³/mol. The van der Waals surface area contributed by atoms with Crippen LogP contribution in [0.4, 0.5) is 0 Å². The summed E-state index contributed by atoms with van der Waals surface area (Å²) in [5.74, 6) is 0.706. The molecule has 2 aliphatic rings. The van der Waals surface area contributed by atoms with Gasteiger partial charge in [0.1, 0.15) is 0 Å². The van der Waals surface area contributed by atoms with E-state index >= 15 is 0 Å². The number of hydrogen-bond acceptors (Lipinski definition) is 4. The summed E-state index contributed by atoms with van der Waals surface area (Å²) < 4.78 is 11.0. The minimum Gasteiger partial charge on any atom is -0.381 e. The van der Waals surface area contributed by atoms with E-state index in [0.29, 0.717) is 19.1 Å². The van der Waals surface area contributed by atoms with Crippen LogP contribution in [0.2, 0.25) is 0 Å². The standard InChI is InChI=1S/C24H30N2O3/c27-23(26-17-19-6-11-28-12-7-19)24(8-13-29-14-9-24)16-20-3-1-4-21(15-20)22-5-2-10-25-18-22/h1-5,10,15,18-19H,6-9,11-14,16-17H2,(H,26,27). The first-order valence-electron chi connectivity index (χ1n) is 10.7. The minimum atomic E-state index is -0.392. The molecule has 2 aliphatic heterocycles. The Kier molecular flexibility index (Phi) is 6.57. The van der Waals surface area contributed by atoms with Crippen LogP contribution in [0.3, 0.4) is 0 Å². The van der Waals surface area contributed by atoms with Gasteiger partial charge in [-0.1, -0.05) is 30.3 Å². The molecule has 29 heavy (non-hydrogen) atoms. The van der Waals surface area contributed by atoms with E-state index in [0.717, 1.165) is 63.0 Å². The van der Waals surface area contributed by atoms with Crippen molar-refractivity contribution in [2.24, 2.45) is 11.3 Å². The number of rotatable bonds is 6. The molecule has 0 aliphatic carbocycles. The summed E-state index contributed by atoms with van der Waals surface area (Å²) in [6.45, 7) is 3.65. The van der Waals surface area contributed by atoms with Crippen molar-refractivity contribution in [3.8, 4) is 11.1 Å². The van der Waals surface area contributed by atoms with E-state index in [1.54, 1.807) is 6.20 Å². The Bertz CT molecular complexity index is 797.